The maximum atomic E-state index is 11.4. The van der Waals surface area contributed by atoms with Crippen molar-refractivity contribution < 1.29 is 8.42 Å². The molecule has 7 heteroatoms. The van der Waals surface area contributed by atoms with E-state index < -0.39 is 9.84 Å². The quantitative estimate of drug-likeness (QED) is 0.911. The molecule has 1 aromatic carbocycles. The van der Waals surface area contributed by atoms with Crippen molar-refractivity contribution in [3.63, 3.8) is 0 Å². The number of nitrogens with one attached hydrogen (secondary N) is 1. The summed E-state index contributed by atoms with van der Waals surface area (Å²) in [6.45, 7) is 1.93. The summed E-state index contributed by atoms with van der Waals surface area (Å²) in [6, 6.07) is 8.46. The highest BCUT2D eigenvalue weighted by Crippen LogP contribution is 2.31. The third kappa shape index (κ3) is 3.87. The number of sulfone groups is 1. The fraction of sp³-hybridized carbons (Fsp3) is 0.214. The van der Waals surface area contributed by atoms with E-state index in [2.05, 4.69) is 10.3 Å². The number of hydrogen-bond donors (Lipinski definition) is 1. The number of benzene rings is 1. The molecule has 1 unspecified atom stereocenters. The summed E-state index contributed by atoms with van der Waals surface area (Å²) in [5.74, 6) is 0. The molecule has 112 valence electrons. The van der Waals surface area contributed by atoms with Crippen LogP contribution in [0.3, 0.4) is 0 Å². The van der Waals surface area contributed by atoms with Crippen molar-refractivity contribution in [3.05, 3.63) is 52.1 Å². The molecule has 0 aliphatic heterocycles. The van der Waals surface area contributed by atoms with E-state index >= 15 is 0 Å². The SMILES string of the molecule is CC(Nc1ccc(S(C)(=O)=O)nc1)c1cccc(Cl)c1Cl. The van der Waals surface area contributed by atoms with Crippen LogP contribution < -0.4 is 5.32 Å². The molecule has 1 atom stereocenters. The molecule has 0 aliphatic rings. The molecule has 0 radical (unpaired) electrons. The van der Waals surface area contributed by atoms with Gasteiger partial charge in [0.05, 0.1) is 28.0 Å². The Kier molecular flexibility index (Phi) is 4.76. The zero-order chi connectivity index (χ0) is 15.6. The van der Waals surface area contributed by atoms with E-state index in [1.54, 1.807) is 12.1 Å². The van der Waals surface area contributed by atoms with Crippen LogP contribution >= 0.6 is 23.2 Å². The van der Waals surface area contributed by atoms with E-state index in [1.165, 1.54) is 12.3 Å². The molecule has 0 fully saturated rings. The monoisotopic (exact) mass is 344 g/mol. The summed E-state index contributed by atoms with van der Waals surface area (Å²) in [5, 5.41) is 4.24. The van der Waals surface area contributed by atoms with Crippen LogP contribution in [0.5, 0.6) is 0 Å². The standard InChI is InChI=1S/C14H14Cl2N2O2S/c1-9(11-4-3-5-12(15)14(11)16)18-10-6-7-13(17-8-10)21(2,19)20/h3-9,18H,1-2H3. The van der Waals surface area contributed by atoms with Gasteiger partial charge < -0.3 is 5.32 Å². The zero-order valence-corrected chi connectivity index (χ0v) is 13.8. The Morgan fingerprint density at radius 2 is 1.90 bits per heavy atom. The number of hydrogen-bond acceptors (Lipinski definition) is 4. The summed E-state index contributed by atoms with van der Waals surface area (Å²) >= 11 is 12.2. The smallest absolute Gasteiger partial charge is 0.192 e. The molecule has 21 heavy (non-hydrogen) atoms. The highest BCUT2D eigenvalue weighted by Gasteiger charge is 2.13. The Balaban J connectivity index is 2.20. The molecular weight excluding hydrogens is 331 g/mol. The summed E-state index contributed by atoms with van der Waals surface area (Å²) in [5.41, 5.74) is 1.56. The minimum Gasteiger partial charge on any atom is -0.377 e. The second kappa shape index (κ2) is 6.22. The minimum atomic E-state index is -3.29. The van der Waals surface area contributed by atoms with Gasteiger partial charge in [0, 0.05) is 6.26 Å². The van der Waals surface area contributed by atoms with Crippen LogP contribution in [0.4, 0.5) is 5.69 Å². The molecule has 2 aromatic rings. The van der Waals surface area contributed by atoms with Gasteiger partial charge in [0.1, 0.15) is 0 Å². The summed E-state index contributed by atoms with van der Waals surface area (Å²) in [7, 11) is -3.29. The first-order valence-electron chi connectivity index (χ1n) is 6.15. The topological polar surface area (TPSA) is 59.1 Å². The van der Waals surface area contributed by atoms with Gasteiger partial charge in [-0.3, -0.25) is 0 Å². The van der Waals surface area contributed by atoms with Gasteiger partial charge in [0.25, 0.3) is 0 Å². The third-order valence-corrected chi connectivity index (χ3v) is 4.78. The number of pyridine rings is 1. The van der Waals surface area contributed by atoms with Crippen molar-refractivity contribution in [1.82, 2.24) is 4.98 Å². The minimum absolute atomic E-state index is 0.0430. The van der Waals surface area contributed by atoms with Gasteiger partial charge in [0.2, 0.25) is 0 Å². The van der Waals surface area contributed by atoms with E-state index in [9.17, 15) is 8.42 Å². The predicted molar refractivity (Wildman–Crippen MR) is 85.8 cm³/mol. The van der Waals surface area contributed by atoms with E-state index in [0.717, 1.165) is 11.8 Å². The van der Waals surface area contributed by atoms with E-state index in [1.807, 2.05) is 19.1 Å². The number of aromatic nitrogens is 1. The lowest BCUT2D eigenvalue weighted by atomic mass is 10.1. The van der Waals surface area contributed by atoms with Crippen molar-refractivity contribution in [2.24, 2.45) is 0 Å². The van der Waals surface area contributed by atoms with Gasteiger partial charge >= 0.3 is 0 Å². The van der Waals surface area contributed by atoms with Crippen molar-refractivity contribution in [3.8, 4) is 0 Å². The normalized spacial score (nSPS) is 13.0. The van der Waals surface area contributed by atoms with Gasteiger partial charge in [-0.25, -0.2) is 13.4 Å². The van der Waals surface area contributed by atoms with Crippen LogP contribution in [0.15, 0.2) is 41.6 Å². The Morgan fingerprint density at radius 3 is 2.48 bits per heavy atom. The number of nitrogens with zero attached hydrogens (tertiary/aromatic N) is 1. The molecule has 1 N–H and O–H groups in total. The fourth-order valence-electron chi connectivity index (χ4n) is 1.87. The lowest BCUT2D eigenvalue weighted by Crippen LogP contribution is -2.08. The molecule has 0 bridgehead atoms. The average molecular weight is 345 g/mol. The van der Waals surface area contributed by atoms with Crippen LogP contribution in [0.1, 0.15) is 18.5 Å². The molecule has 0 spiro atoms. The highest BCUT2D eigenvalue weighted by molar-refractivity contribution is 7.90. The molecule has 2 rings (SSSR count). The Hall–Kier alpha value is -1.30. The van der Waals surface area contributed by atoms with Crippen LogP contribution in [0.2, 0.25) is 10.0 Å². The Morgan fingerprint density at radius 1 is 1.19 bits per heavy atom. The van der Waals surface area contributed by atoms with Crippen molar-refractivity contribution >= 4 is 38.7 Å². The van der Waals surface area contributed by atoms with Crippen molar-refractivity contribution in [1.29, 1.82) is 0 Å². The van der Waals surface area contributed by atoms with Gasteiger partial charge in [0.15, 0.2) is 14.9 Å². The van der Waals surface area contributed by atoms with Gasteiger partial charge in [-0.2, -0.15) is 0 Å². The first-order valence-corrected chi connectivity index (χ1v) is 8.80. The van der Waals surface area contributed by atoms with Gasteiger partial charge in [-0.1, -0.05) is 35.3 Å². The molecule has 0 saturated heterocycles. The first-order chi connectivity index (χ1) is 9.79. The lowest BCUT2D eigenvalue weighted by Gasteiger charge is -2.17. The Labute approximate surface area is 134 Å². The largest absolute Gasteiger partial charge is 0.377 e. The molecule has 0 aliphatic carbocycles. The maximum Gasteiger partial charge on any atom is 0.192 e. The summed E-state index contributed by atoms with van der Waals surface area (Å²) in [6.07, 6.45) is 2.60. The molecule has 1 aromatic heterocycles. The Bertz CT molecular complexity index is 746. The molecule has 4 nitrogen and oxygen atoms in total. The fourth-order valence-corrected chi connectivity index (χ4v) is 2.90. The summed E-state index contributed by atoms with van der Waals surface area (Å²) < 4.78 is 22.7. The van der Waals surface area contributed by atoms with Crippen LogP contribution in [-0.2, 0) is 9.84 Å². The van der Waals surface area contributed by atoms with Crippen LogP contribution in [0, 0.1) is 0 Å². The number of halogens is 2. The third-order valence-electron chi connectivity index (χ3n) is 2.95. The second-order valence-corrected chi connectivity index (χ2v) is 7.41. The van der Waals surface area contributed by atoms with Crippen molar-refractivity contribution in [2.75, 3.05) is 11.6 Å². The summed E-state index contributed by atoms with van der Waals surface area (Å²) in [4.78, 5) is 3.93. The van der Waals surface area contributed by atoms with Gasteiger partial charge in [-0.05, 0) is 30.7 Å². The molecule has 0 amide bonds. The first kappa shape index (κ1) is 16.1. The van der Waals surface area contributed by atoms with Crippen LogP contribution in [0.25, 0.3) is 0 Å². The number of anilines is 1. The molecule has 0 saturated carbocycles. The predicted octanol–water partition coefficient (Wildman–Crippen LogP) is 3.97. The zero-order valence-electron chi connectivity index (χ0n) is 11.5. The second-order valence-electron chi connectivity index (χ2n) is 4.67. The van der Waals surface area contributed by atoms with Gasteiger partial charge in [-0.15, -0.1) is 0 Å². The number of rotatable bonds is 4. The highest BCUT2D eigenvalue weighted by atomic mass is 35.5. The lowest BCUT2D eigenvalue weighted by molar-refractivity contribution is 0.598. The maximum absolute atomic E-state index is 11.4. The van der Waals surface area contributed by atoms with Crippen LogP contribution in [-0.4, -0.2) is 19.7 Å². The van der Waals surface area contributed by atoms with E-state index in [0.29, 0.717) is 15.7 Å². The molecule has 1 heterocycles. The van der Waals surface area contributed by atoms with E-state index in [-0.39, 0.29) is 11.1 Å². The van der Waals surface area contributed by atoms with E-state index in [4.69, 9.17) is 23.2 Å². The average Bonchev–Trinajstić information content (AvgIpc) is 2.41. The van der Waals surface area contributed by atoms with Crippen molar-refractivity contribution in [2.45, 2.75) is 18.0 Å². The molecular formula is C14H14Cl2N2O2S.